The van der Waals surface area contributed by atoms with Crippen LogP contribution in [-0.4, -0.2) is 28.1 Å². The number of hydrogen-bond donors (Lipinski definition) is 1. The van der Waals surface area contributed by atoms with Crippen LogP contribution in [0.2, 0.25) is 0 Å². The third-order valence-corrected chi connectivity index (χ3v) is 5.97. The number of nitrogens with zero attached hydrogens (tertiary/aromatic N) is 2. The van der Waals surface area contributed by atoms with Crippen molar-refractivity contribution in [1.82, 2.24) is 15.2 Å². The number of benzene rings is 1. The molecule has 1 fully saturated rings. The molecule has 4 heterocycles. The molecular formula is C25H21N3O4S. The number of carbonyl (C=O) groups excluding carboxylic acids is 1. The lowest BCUT2D eigenvalue weighted by molar-refractivity contribution is 0.0601. The Balaban J connectivity index is 1.55. The van der Waals surface area contributed by atoms with E-state index in [9.17, 15) is 4.79 Å². The molecular weight excluding hydrogens is 438 g/mol. The lowest BCUT2D eigenvalue weighted by Gasteiger charge is -2.25. The topological polar surface area (TPSA) is 80.7 Å². The van der Waals surface area contributed by atoms with E-state index in [4.69, 9.17) is 25.8 Å². The van der Waals surface area contributed by atoms with Crippen molar-refractivity contribution in [2.24, 2.45) is 0 Å². The fourth-order valence-corrected chi connectivity index (χ4v) is 4.40. The molecule has 8 heteroatoms. The van der Waals surface area contributed by atoms with Gasteiger partial charge in [-0.05, 0) is 54.7 Å². The lowest BCUT2D eigenvalue weighted by atomic mass is 10.0. The van der Waals surface area contributed by atoms with Gasteiger partial charge in [-0.2, -0.15) is 0 Å². The van der Waals surface area contributed by atoms with E-state index in [1.54, 1.807) is 24.6 Å². The summed E-state index contributed by atoms with van der Waals surface area (Å²) in [6, 6.07) is 20.0. The first-order valence-corrected chi connectivity index (χ1v) is 10.8. The number of esters is 1. The summed E-state index contributed by atoms with van der Waals surface area (Å²) < 4.78 is 16.8. The fraction of sp³-hybridized carbons (Fsp3) is 0.160. The molecule has 1 aliphatic rings. The second-order valence-electron chi connectivity index (χ2n) is 7.57. The summed E-state index contributed by atoms with van der Waals surface area (Å²) in [7, 11) is 1.36. The Hall–Kier alpha value is -3.91. The number of hydrogen-bond acceptors (Lipinski definition) is 6. The molecule has 0 unspecified atom stereocenters. The van der Waals surface area contributed by atoms with Gasteiger partial charge in [-0.3, -0.25) is 4.98 Å². The molecule has 7 nitrogen and oxygen atoms in total. The van der Waals surface area contributed by atoms with Crippen molar-refractivity contribution in [2.75, 3.05) is 7.11 Å². The lowest BCUT2D eigenvalue weighted by Crippen LogP contribution is -2.28. The van der Waals surface area contributed by atoms with E-state index in [-0.39, 0.29) is 12.1 Å². The number of thiocarbonyl (C=S) groups is 1. The summed E-state index contributed by atoms with van der Waals surface area (Å²) in [5.74, 6) is 1.63. The fourth-order valence-electron chi connectivity index (χ4n) is 4.10. The highest BCUT2D eigenvalue weighted by Crippen LogP contribution is 2.41. The Labute approximate surface area is 196 Å². The second-order valence-corrected chi connectivity index (χ2v) is 7.96. The number of furan rings is 2. The molecule has 3 aromatic heterocycles. The number of aromatic nitrogens is 1. The van der Waals surface area contributed by atoms with Gasteiger partial charge in [-0.25, -0.2) is 4.79 Å². The number of methoxy groups -OCH3 is 1. The predicted octanol–water partition coefficient (Wildman–Crippen LogP) is 4.89. The zero-order valence-electron chi connectivity index (χ0n) is 17.8. The Morgan fingerprint density at radius 2 is 1.97 bits per heavy atom. The van der Waals surface area contributed by atoms with Crippen LogP contribution in [0.5, 0.6) is 0 Å². The molecule has 0 radical (unpaired) electrons. The second kappa shape index (κ2) is 8.91. The van der Waals surface area contributed by atoms with Crippen LogP contribution in [-0.2, 0) is 11.3 Å². The SMILES string of the molecule is COC(=O)c1ccccc1-c1ccc([C@@H]2[C@@H](c3ccccn3)NC(=S)N2Cc2ccco2)o1. The third-order valence-electron chi connectivity index (χ3n) is 5.62. The van der Waals surface area contributed by atoms with Gasteiger partial charge in [0.1, 0.15) is 23.3 Å². The van der Waals surface area contributed by atoms with E-state index in [0.717, 1.165) is 11.5 Å². The van der Waals surface area contributed by atoms with Gasteiger partial charge in [0.15, 0.2) is 5.11 Å². The number of carbonyl (C=O) groups is 1. The molecule has 5 rings (SSSR count). The first-order chi connectivity index (χ1) is 16.2. The minimum absolute atomic E-state index is 0.219. The summed E-state index contributed by atoms with van der Waals surface area (Å²) in [6.07, 6.45) is 3.40. The quantitative estimate of drug-likeness (QED) is 0.322. The van der Waals surface area contributed by atoms with Crippen molar-refractivity contribution in [2.45, 2.75) is 18.6 Å². The van der Waals surface area contributed by atoms with Crippen molar-refractivity contribution in [3.05, 3.63) is 102 Å². The van der Waals surface area contributed by atoms with Gasteiger partial charge in [0.2, 0.25) is 0 Å². The number of ether oxygens (including phenoxy) is 1. The average Bonchev–Trinajstić information content (AvgIpc) is 3.61. The van der Waals surface area contributed by atoms with E-state index in [1.807, 2.05) is 59.5 Å². The van der Waals surface area contributed by atoms with E-state index in [2.05, 4.69) is 10.3 Å². The smallest absolute Gasteiger partial charge is 0.338 e. The van der Waals surface area contributed by atoms with Gasteiger partial charge >= 0.3 is 5.97 Å². The van der Waals surface area contributed by atoms with Gasteiger partial charge in [0.05, 0.1) is 37.2 Å². The zero-order chi connectivity index (χ0) is 22.8. The summed E-state index contributed by atoms with van der Waals surface area (Å²) in [6.45, 7) is 0.474. The van der Waals surface area contributed by atoms with E-state index >= 15 is 0 Å². The molecule has 4 aromatic rings. The molecule has 1 saturated heterocycles. The highest BCUT2D eigenvalue weighted by Gasteiger charge is 2.42. The maximum Gasteiger partial charge on any atom is 0.338 e. The molecule has 1 aliphatic heterocycles. The van der Waals surface area contributed by atoms with Crippen LogP contribution < -0.4 is 5.32 Å². The van der Waals surface area contributed by atoms with Crippen LogP contribution in [0.3, 0.4) is 0 Å². The molecule has 166 valence electrons. The van der Waals surface area contributed by atoms with E-state index in [1.165, 1.54) is 7.11 Å². The molecule has 0 saturated carbocycles. The largest absolute Gasteiger partial charge is 0.467 e. The van der Waals surface area contributed by atoms with Crippen LogP contribution >= 0.6 is 12.2 Å². The Bertz CT molecular complexity index is 1270. The summed E-state index contributed by atoms with van der Waals surface area (Å²) in [5.41, 5.74) is 1.95. The first-order valence-electron chi connectivity index (χ1n) is 10.4. The minimum Gasteiger partial charge on any atom is -0.467 e. The Morgan fingerprint density at radius 3 is 2.73 bits per heavy atom. The first kappa shape index (κ1) is 21.0. The van der Waals surface area contributed by atoms with Crippen LogP contribution in [0, 0.1) is 0 Å². The molecule has 0 bridgehead atoms. The van der Waals surface area contributed by atoms with Crippen LogP contribution in [0.1, 0.15) is 39.7 Å². The summed E-state index contributed by atoms with van der Waals surface area (Å²) >= 11 is 5.68. The van der Waals surface area contributed by atoms with Crippen molar-refractivity contribution in [3.63, 3.8) is 0 Å². The van der Waals surface area contributed by atoms with Crippen LogP contribution in [0.4, 0.5) is 0 Å². The third kappa shape index (κ3) is 4.01. The van der Waals surface area contributed by atoms with Crippen molar-refractivity contribution in [3.8, 4) is 11.3 Å². The maximum absolute atomic E-state index is 12.3. The summed E-state index contributed by atoms with van der Waals surface area (Å²) in [4.78, 5) is 18.8. The zero-order valence-corrected chi connectivity index (χ0v) is 18.6. The van der Waals surface area contributed by atoms with Crippen molar-refractivity contribution >= 4 is 23.3 Å². The van der Waals surface area contributed by atoms with Crippen LogP contribution in [0.15, 0.2) is 88.0 Å². The molecule has 0 amide bonds. The van der Waals surface area contributed by atoms with Crippen molar-refractivity contribution < 1.29 is 18.4 Å². The summed E-state index contributed by atoms with van der Waals surface area (Å²) in [5, 5.41) is 3.97. The van der Waals surface area contributed by atoms with Gasteiger partial charge in [-0.1, -0.05) is 24.3 Å². The normalized spacial score (nSPS) is 17.7. The number of pyridine rings is 1. The van der Waals surface area contributed by atoms with Crippen molar-refractivity contribution in [1.29, 1.82) is 0 Å². The molecule has 1 N–H and O–H groups in total. The monoisotopic (exact) mass is 459 g/mol. The highest BCUT2D eigenvalue weighted by molar-refractivity contribution is 7.80. The average molecular weight is 460 g/mol. The van der Waals surface area contributed by atoms with E-state index in [0.29, 0.717) is 34.3 Å². The van der Waals surface area contributed by atoms with Crippen LogP contribution in [0.25, 0.3) is 11.3 Å². The molecule has 1 aromatic carbocycles. The molecule has 0 aliphatic carbocycles. The van der Waals surface area contributed by atoms with Gasteiger partial charge in [0, 0.05) is 11.8 Å². The van der Waals surface area contributed by atoms with Gasteiger partial charge < -0.3 is 23.8 Å². The standard InChI is InChI=1S/C25H21N3O4S/c1-30-24(29)18-9-3-2-8-17(18)20-11-12-21(32-20)23-22(19-10-4-5-13-26-19)27-25(33)28(23)15-16-7-6-14-31-16/h2-14,22-23H,15H2,1H3,(H,27,33)/t22-,23-/m1/s1. The Kier molecular flexibility index (Phi) is 5.66. The predicted molar refractivity (Wildman–Crippen MR) is 125 cm³/mol. The number of rotatable bonds is 6. The maximum atomic E-state index is 12.3. The highest BCUT2D eigenvalue weighted by atomic mass is 32.1. The van der Waals surface area contributed by atoms with Gasteiger partial charge in [0.25, 0.3) is 0 Å². The number of nitrogens with one attached hydrogen (secondary N) is 1. The Morgan fingerprint density at radius 1 is 1.12 bits per heavy atom. The molecule has 0 spiro atoms. The van der Waals surface area contributed by atoms with Gasteiger partial charge in [-0.15, -0.1) is 0 Å². The van der Waals surface area contributed by atoms with E-state index < -0.39 is 5.97 Å². The molecule has 2 atom stereocenters. The minimum atomic E-state index is -0.418. The molecule has 33 heavy (non-hydrogen) atoms.